The number of allylic oxidation sites excluding steroid dienone is 2. The van der Waals surface area contributed by atoms with Crippen LogP contribution in [0.1, 0.15) is 44.7 Å². The van der Waals surface area contributed by atoms with E-state index in [2.05, 4.69) is 43.1 Å². The van der Waals surface area contributed by atoms with Crippen LogP contribution in [0.3, 0.4) is 0 Å². The van der Waals surface area contributed by atoms with E-state index in [0.717, 1.165) is 46.2 Å². The molecule has 0 aliphatic carbocycles. The Bertz CT molecular complexity index is 3540. The van der Waals surface area contributed by atoms with Gasteiger partial charge in [0.2, 0.25) is 10.0 Å². The number of alkyl halides is 3. The van der Waals surface area contributed by atoms with Crippen LogP contribution in [0.4, 0.5) is 13.2 Å². The molecule has 0 saturated heterocycles. The number of carbonyl (C=O) groups is 2. The summed E-state index contributed by atoms with van der Waals surface area (Å²) in [5, 5.41) is 21.6. The van der Waals surface area contributed by atoms with E-state index in [9.17, 15) is 49.8 Å². The van der Waals surface area contributed by atoms with Crippen LogP contribution in [-0.4, -0.2) is 65.6 Å². The van der Waals surface area contributed by atoms with Crippen molar-refractivity contribution >= 4 is 76.9 Å². The number of carboxylic acids is 2. The summed E-state index contributed by atoms with van der Waals surface area (Å²) in [6.45, 7) is 1.94. The van der Waals surface area contributed by atoms with Gasteiger partial charge in [0.15, 0.2) is 0 Å². The Morgan fingerprint density at radius 3 is 1.99 bits per heavy atom. The number of nitrogens with zero attached hydrogens (tertiary/aromatic N) is 2. The zero-order valence-electron chi connectivity index (χ0n) is 36.0. The Morgan fingerprint density at radius 1 is 0.739 bits per heavy atom. The second kappa shape index (κ2) is 20.0. The number of nitrogens with one attached hydrogen (secondary N) is 2. The van der Waals surface area contributed by atoms with Gasteiger partial charge in [-0.15, -0.1) is 11.3 Å². The highest BCUT2D eigenvalue weighted by Gasteiger charge is 2.35. The fourth-order valence-electron chi connectivity index (χ4n) is 7.21. The number of aliphatic carboxylic acids is 2. The quantitative estimate of drug-likeness (QED) is 0.0810. The Balaban J connectivity index is 1.01. The van der Waals surface area contributed by atoms with Gasteiger partial charge in [0.05, 0.1) is 26.4 Å². The van der Waals surface area contributed by atoms with Crippen molar-refractivity contribution in [1.82, 2.24) is 19.4 Å². The lowest BCUT2D eigenvalue weighted by molar-refractivity contribution is -0.139. The van der Waals surface area contributed by atoms with Crippen LogP contribution in [0.2, 0.25) is 0 Å². The first-order valence-electron chi connectivity index (χ1n) is 20.8. The molecule has 350 valence electrons. The van der Waals surface area contributed by atoms with Gasteiger partial charge >= 0.3 is 18.1 Å². The van der Waals surface area contributed by atoms with Gasteiger partial charge < -0.3 is 10.2 Å². The normalized spacial score (nSPS) is 14.8. The van der Waals surface area contributed by atoms with Crippen LogP contribution in [0, 0.1) is 30.6 Å². The van der Waals surface area contributed by atoms with Crippen molar-refractivity contribution in [3.05, 3.63) is 171 Å². The van der Waals surface area contributed by atoms with Crippen LogP contribution in [0.5, 0.6) is 0 Å². The maximum Gasteiger partial charge on any atom is 0.416 e. The molecule has 4 N–H and O–H groups in total. The van der Waals surface area contributed by atoms with Crippen molar-refractivity contribution in [3.8, 4) is 34.8 Å². The van der Waals surface area contributed by atoms with Crippen molar-refractivity contribution in [3.63, 3.8) is 0 Å². The first kappa shape index (κ1) is 48.6. The molecule has 0 radical (unpaired) electrons. The van der Waals surface area contributed by atoms with E-state index in [4.69, 9.17) is 0 Å². The van der Waals surface area contributed by atoms with Crippen LogP contribution in [0.25, 0.3) is 32.9 Å². The van der Waals surface area contributed by atoms with Crippen LogP contribution in [0.15, 0.2) is 137 Å². The zero-order valence-corrected chi connectivity index (χ0v) is 39.2. The molecule has 3 unspecified atom stereocenters. The van der Waals surface area contributed by atoms with E-state index in [-0.39, 0.29) is 29.0 Å². The number of aromatic nitrogens is 2. The lowest BCUT2D eigenvalue weighted by Crippen LogP contribution is -2.45. The van der Waals surface area contributed by atoms with Crippen molar-refractivity contribution in [2.75, 3.05) is 0 Å². The van der Waals surface area contributed by atoms with E-state index >= 15 is 0 Å². The summed E-state index contributed by atoms with van der Waals surface area (Å²) in [5.74, 6) is 8.76. The monoisotopic (exact) mass is 1010 g/mol. The molecular weight excluding hydrogens is 970 g/mol. The average molecular weight is 1010 g/mol. The predicted molar refractivity (Wildman–Crippen MR) is 259 cm³/mol. The number of carboxylic acid groups (broad SMARTS) is 2. The van der Waals surface area contributed by atoms with Gasteiger partial charge in [-0.2, -0.15) is 22.6 Å². The molecule has 1 aliphatic rings. The molecule has 7 aromatic rings. The SMILES string of the molecule is Cc1ccc(C#Cc2cc(-c3ccc4cc(CC(NS(=O)(=O)C5CC=C(C#Cc6ccc(C(F)(F)F)cc6)S5)C(=O)O)cnc4c3)c(S(=O)(=O)NC(Cc3cnc4ccccc4c3)C(=O)O)s2)cc1. The number of hydrogen-bond acceptors (Lipinski definition) is 10. The minimum absolute atomic E-state index is 0.0103. The molecule has 19 heteroatoms. The van der Waals surface area contributed by atoms with Crippen molar-refractivity contribution in [2.45, 2.75) is 53.2 Å². The van der Waals surface area contributed by atoms with Crippen LogP contribution < -0.4 is 9.44 Å². The smallest absolute Gasteiger partial charge is 0.416 e. The molecule has 4 aromatic carbocycles. The summed E-state index contributed by atoms with van der Waals surface area (Å²) in [6.07, 6.45) is -0.506. The van der Waals surface area contributed by atoms with E-state index in [1.165, 1.54) is 24.5 Å². The van der Waals surface area contributed by atoms with E-state index in [1.807, 2.05) is 55.5 Å². The fourth-order valence-corrected chi connectivity index (χ4v) is 12.8. The summed E-state index contributed by atoms with van der Waals surface area (Å²) in [4.78, 5) is 34.6. The molecule has 1 aliphatic heterocycles. The van der Waals surface area contributed by atoms with Crippen LogP contribution >= 0.6 is 23.1 Å². The van der Waals surface area contributed by atoms with Gasteiger partial charge in [0, 0.05) is 52.7 Å². The maximum absolute atomic E-state index is 14.3. The largest absolute Gasteiger partial charge is 0.480 e. The minimum atomic E-state index is -4.52. The first-order chi connectivity index (χ1) is 32.8. The molecule has 0 fully saturated rings. The number of para-hydroxylation sites is 1. The summed E-state index contributed by atoms with van der Waals surface area (Å²) in [7, 11) is -8.76. The number of fused-ring (bicyclic) bond motifs is 2. The highest BCUT2D eigenvalue weighted by Crippen LogP contribution is 2.38. The molecule has 3 aromatic heterocycles. The van der Waals surface area contributed by atoms with Gasteiger partial charge in [0.1, 0.15) is 20.9 Å². The standard InChI is InChI=1S/C50H37F3N4O8S4/c1-30-6-8-31(9-7-30)13-19-40-27-41(49(67-40)69(64,65)57-45(48(60)61)25-33-22-36-4-2-3-5-42(36)54-28-33)35-14-15-37-23-34(29-55-43(37)26-35)24-44(47(58)59)56-68(62,63)46-21-20-39(66-46)18-12-32-10-16-38(17-11-32)50(51,52)53/h2-11,14-17,20,22-23,26-29,44-46,56-57H,21,24-25H2,1H3,(H,58,59)(H,60,61). The Labute approximate surface area is 402 Å². The molecule has 0 amide bonds. The van der Waals surface area contributed by atoms with Crippen molar-refractivity contribution in [1.29, 1.82) is 0 Å². The average Bonchev–Trinajstić information content (AvgIpc) is 3.99. The Morgan fingerprint density at radius 2 is 1.33 bits per heavy atom. The molecule has 0 bridgehead atoms. The molecule has 69 heavy (non-hydrogen) atoms. The third-order valence-electron chi connectivity index (χ3n) is 10.7. The minimum Gasteiger partial charge on any atom is -0.480 e. The lowest BCUT2D eigenvalue weighted by Gasteiger charge is -2.18. The second-order valence-electron chi connectivity index (χ2n) is 15.9. The van der Waals surface area contributed by atoms with E-state index < -0.39 is 60.4 Å². The topological polar surface area (TPSA) is 193 Å². The van der Waals surface area contributed by atoms with Crippen molar-refractivity contribution < 1.29 is 49.8 Å². The molecule has 0 spiro atoms. The zero-order chi connectivity index (χ0) is 49.1. The number of halogens is 3. The summed E-state index contributed by atoms with van der Waals surface area (Å²) >= 11 is 1.77. The van der Waals surface area contributed by atoms with Gasteiger partial charge in [-0.25, -0.2) is 16.8 Å². The van der Waals surface area contributed by atoms with E-state index in [0.29, 0.717) is 54.0 Å². The molecular formula is C50H37F3N4O8S4. The van der Waals surface area contributed by atoms with Gasteiger partial charge in [-0.05, 0) is 96.8 Å². The number of pyridine rings is 2. The maximum atomic E-state index is 14.3. The van der Waals surface area contributed by atoms with Crippen molar-refractivity contribution in [2.24, 2.45) is 0 Å². The number of hydrogen-bond donors (Lipinski definition) is 4. The number of thioether (sulfide) groups is 1. The molecule has 0 saturated carbocycles. The summed E-state index contributed by atoms with van der Waals surface area (Å²) in [6, 6.07) is 25.7. The molecule has 8 rings (SSSR count). The first-order valence-corrected chi connectivity index (χ1v) is 25.5. The Hall–Kier alpha value is -6.84. The van der Waals surface area contributed by atoms with E-state index in [1.54, 1.807) is 42.5 Å². The molecule has 4 heterocycles. The van der Waals surface area contributed by atoms with Gasteiger partial charge in [-0.1, -0.05) is 89.5 Å². The number of thiophene rings is 1. The van der Waals surface area contributed by atoms with Gasteiger partial charge in [-0.3, -0.25) is 19.6 Å². The predicted octanol–water partition coefficient (Wildman–Crippen LogP) is 8.53. The number of rotatable bonds is 13. The summed E-state index contributed by atoms with van der Waals surface area (Å²) in [5.41, 5.74) is 3.83. The number of aryl methyl sites for hydroxylation is 1. The fraction of sp³-hybridized carbons (Fsp3) is 0.160. The van der Waals surface area contributed by atoms with Gasteiger partial charge in [0.25, 0.3) is 10.0 Å². The molecule has 12 nitrogen and oxygen atoms in total. The third-order valence-corrected chi connectivity index (χ3v) is 17.3. The highest BCUT2D eigenvalue weighted by atomic mass is 32.3. The number of sulfonamides is 2. The Kier molecular flexibility index (Phi) is 14.1. The third kappa shape index (κ3) is 11.9. The summed E-state index contributed by atoms with van der Waals surface area (Å²) < 4.78 is 97.6. The number of benzene rings is 4. The highest BCUT2D eigenvalue weighted by molar-refractivity contribution is 8.15. The van der Waals surface area contributed by atoms with Crippen LogP contribution in [-0.2, 0) is 48.7 Å². The lowest BCUT2D eigenvalue weighted by atomic mass is 10.0. The second-order valence-corrected chi connectivity index (χ2v) is 22.3. The molecule has 3 atom stereocenters.